The summed E-state index contributed by atoms with van der Waals surface area (Å²) in [6, 6.07) is 8.33. The van der Waals surface area contributed by atoms with E-state index in [4.69, 9.17) is 69.6 Å². The molecule has 0 heterocycles. The zero-order valence-electron chi connectivity index (χ0n) is 11.1. The summed E-state index contributed by atoms with van der Waals surface area (Å²) in [5.74, 6) is 0. The van der Waals surface area contributed by atoms with Gasteiger partial charge in [0.1, 0.15) is 9.67 Å². The van der Waals surface area contributed by atoms with E-state index in [9.17, 15) is 8.42 Å². The lowest BCUT2D eigenvalue weighted by atomic mass is 10.2. The largest absolute Gasteiger partial charge is 0.218 e. The van der Waals surface area contributed by atoms with Crippen molar-refractivity contribution in [2.45, 2.75) is 19.5 Å². The quantitative estimate of drug-likeness (QED) is 0.479. The first-order valence-corrected chi connectivity index (χ1v) is 10.0. The molecule has 0 amide bonds. The van der Waals surface area contributed by atoms with E-state index >= 15 is 0 Å². The van der Waals surface area contributed by atoms with Gasteiger partial charge in [-0.2, -0.15) is 0 Å². The Hall–Kier alpha value is 0.130. The monoisotopic (exact) mass is 450 g/mol. The predicted molar refractivity (Wildman–Crippen MR) is 97.2 cm³/mol. The maximum absolute atomic E-state index is 13.0. The summed E-state index contributed by atoms with van der Waals surface area (Å²) in [4.78, 5) is -2.29. The van der Waals surface area contributed by atoms with Crippen molar-refractivity contribution in [1.29, 1.82) is 0 Å². The van der Waals surface area contributed by atoms with E-state index in [0.29, 0.717) is 10.0 Å². The van der Waals surface area contributed by atoms with Crippen LogP contribution >= 0.6 is 69.6 Å². The van der Waals surface area contributed by atoms with Crippen LogP contribution in [-0.2, 0) is 9.84 Å². The van der Waals surface area contributed by atoms with Gasteiger partial charge in [-0.15, -0.1) is 46.4 Å². The molecule has 9 heteroatoms. The van der Waals surface area contributed by atoms with Gasteiger partial charge in [-0.1, -0.05) is 23.2 Å². The van der Waals surface area contributed by atoms with E-state index in [2.05, 4.69) is 0 Å². The second-order valence-corrected chi connectivity index (χ2v) is 9.42. The summed E-state index contributed by atoms with van der Waals surface area (Å²) in [5, 5.41) is 0.628. The van der Waals surface area contributed by atoms with Crippen molar-refractivity contribution >= 4 is 79.4 Å². The minimum Gasteiger partial charge on any atom is -0.218 e. The molecule has 0 spiro atoms. The summed E-state index contributed by atoms with van der Waals surface area (Å²) in [7, 11) is -3.98. The Morgan fingerprint density at radius 2 is 1.04 bits per heavy atom. The SMILES string of the molecule is O=S(=O)(c1ccc(Cl)cc1C(Cl)Cl)c1ccc(Cl)cc1C(Cl)Cl. The van der Waals surface area contributed by atoms with Crippen LogP contribution in [0.1, 0.15) is 20.8 Å². The Balaban J connectivity index is 2.74. The van der Waals surface area contributed by atoms with Gasteiger partial charge in [-0.3, -0.25) is 0 Å². The zero-order chi connectivity index (χ0) is 17.4. The molecule has 0 aliphatic carbocycles. The number of benzene rings is 2. The lowest BCUT2D eigenvalue weighted by molar-refractivity contribution is 0.594. The van der Waals surface area contributed by atoms with Gasteiger partial charge in [0.15, 0.2) is 0 Å². The molecule has 2 rings (SSSR count). The molecule has 2 aromatic rings. The molecule has 0 fully saturated rings. The summed E-state index contributed by atoms with van der Waals surface area (Å²) < 4.78 is 26.0. The maximum Gasteiger partial charge on any atom is 0.207 e. The normalized spacial score (nSPS) is 12.2. The first kappa shape index (κ1) is 19.5. The highest BCUT2D eigenvalue weighted by Gasteiger charge is 2.28. The summed E-state index contributed by atoms with van der Waals surface area (Å²) in [5.41, 5.74) is 0.338. The number of hydrogen-bond acceptors (Lipinski definition) is 2. The molecule has 0 bridgehead atoms. The van der Waals surface area contributed by atoms with Crippen molar-refractivity contribution in [3.05, 3.63) is 57.6 Å². The first-order valence-electron chi connectivity index (χ1n) is 6.05. The molecule has 2 nitrogen and oxygen atoms in total. The minimum absolute atomic E-state index is 0.0746. The average Bonchev–Trinajstić information content (AvgIpc) is 2.46. The molecule has 23 heavy (non-hydrogen) atoms. The van der Waals surface area contributed by atoms with Gasteiger partial charge in [0.2, 0.25) is 9.84 Å². The fourth-order valence-corrected chi connectivity index (χ4v) is 5.04. The topological polar surface area (TPSA) is 34.1 Å². The molecule has 0 aliphatic rings. The Morgan fingerprint density at radius 1 is 0.696 bits per heavy atom. The third-order valence-corrected chi connectivity index (χ3v) is 6.31. The smallest absolute Gasteiger partial charge is 0.207 e. The van der Waals surface area contributed by atoms with Crippen molar-refractivity contribution in [2.24, 2.45) is 0 Å². The zero-order valence-corrected chi connectivity index (χ0v) is 16.5. The molecule has 0 atom stereocenters. The van der Waals surface area contributed by atoms with Gasteiger partial charge < -0.3 is 0 Å². The lowest BCUT2D eigenvalue weighted by Crippen LogP contribution is -2.09. The van der Waals surface area contributed by atoms with Crippen LogP contribution in [0.5, 0.6) is 0 Å². The van der Waals surface area contributed by atoms with Gasteiger partial charge in [0.05, 0.1) is 9.79 Å². The van der Waals surface area contributed by atoms with Crippen LogP contribution in [-0.4, -0.2) is 8.42 Å². The average molecular weight is 453 g/mol. The van der Waals surface area contributed by atoms with Crippen LogP contribution in [0, 0.1) is 0 Å². The second kappa shape index (κ2) is 7.57. The molecule has 124 valence electrons. The van der Waals surface area contributed by atoms with E-state index in [1.165, 1.54) is 36.4 Å². The van der Waals surface area contributed by atoms with Gasteiger partial charge in [-0.05, 0) is 36.4 Å². The van der Waals surface area contributed by atoms with Crippen molar-refractivity contribution in [3.63, 3.8) is 0 Å². The Bertz CT molecular complexity index is 770. The van der Waals surface area contributed by atoms with Gasteiger partial charge in [0, 0.05) is 21.2 Å². The minimum atomic E-state index is -3.98. The van der Waals surface area contributed by atoms with Gasteiger partial charge >= 0.3 is 0 Å². The number of rotatable bonds is 4. The third kappa shape index (κ3) is 4.21. The van der Waals surface area contributed by atoms with Crippen molar-refractivity contribution in [3.8, 4) is 0 Å². The molecule has 0 N–H and O–H groups in total. The van der Waals surface area contributed by atoms with Crippen LogP contribution in [0.2, 0.25) is 10.0 Å². The molecule has 0 aromatic heterocycles. The number of sulfone groups is 1. The number of hydrogen-bond donors (Lipinski definition) is 0. The fourth-order valence-electron chi connectivity index (χ4n) is 1.99. The summed E-state index contributed by atoms with van der Waals surface area (Å²) in [6.45, 7) is 0. The van der Waals surface area contributed by atoms with Crippen molar-refractivity contribution < 1.29 is 8.42 Å². The highest BCUT2D eigenvalue weighted by Crippen LogP contribution is 2.39. The number of alkyl halides is 4. The highest BCUT2D eigenvalue weighted by atomic mass is 35.5. The molecule has 0 saturated carbocycles. The van der Waals surface area contributed by atoms with Crippen LogP contribution in [0.3, 0.4) is 0 Å². The van der Waals surface area contributed by atoms with Crippen LogP contribution in [0.4, 0.5) is 0 Å². The van der Waals surface area contributed by atoms with Crippen LogP contribution < -0.4 is 0 Å². The van der Waals surface area contributed by atoms with E-state index in [1.54, 1.807) is 0 Å². The molecule has 0 saturated heterocycles. The maximum atomic E-state index is 13.0. The summed E-state index contributed by atoms with van der Waals surface area (Å²) >= 11 is 35.3. The van der Waals surface area contributed by atoms with Crippen LogP contribution in [0.15, 0.2) is 46.2 Å². The van der Waals surface area contributed by atoms with Crippen molar-refractivity contribution in [1.82, 2.24) is 0 Å². The molecular weight excluding hydrogens is 445 g/mol. The van der Waals surface area contributed by atoms with E-state index in [0.717, 1.165) is 0 Å². The third-order valence-electron chi connectivity index (χ3n) is 2.99. The van der Waals surface area contributed by atoms with E-state index in [1.807, 2.05) is 0 Å². The molecule has 0 radical (unpaired) electrons. The standard InChI is InChI=1S/C14H8Cl6O2S/c15-7-1-3-11(9(5-7)13(17)18)23(21,22)12-4-2-8(16)6-10(12)14(19)20/h1-6,13-14H. The molecule has 0 unspecified atom stereocenters. The Labute approximate surface area is 164 Å². The van der Waals surface area contributed by atoms with E-state index in [-0.39, 0.29) is 20.9 Å². The van der Waals surface area contributed by atoms with E-state index < -0.39 is 19.5 Å². The first-order chi connectivity index (χ1) is 10.6. The van der Waals surface area contributed by atoms with Gasteiger partial charge in [0.25, 0.3) is 0 Å². The predicted octanol–water partition coefficient (Wildman–Crippen LogP) is 6.78. The summed E-state index contributed by atoms with van der Waals surface area (Å²) in [6.07, 6.45) is 0. The lowest BCUT2D eigenvalue weighted by Gasteiger charge is -2.15. The number of halogens is 6. The highest BCUT2D eigenvalue weighted by molar-refractivity contribution is 7.91. The Morgan fingerprint density at radius 3 is 1.35 bits per heavy atom. The molecule has 0 aliphatic heterocycles. The Kier molecular flexibility index (Phi) is 6.40. The fraction of sp³-hybridized carbons (Fsp3) is 0.143. The van der Waals surface area contributed by atoms with Crippen LogP contribution in [0.25, 0.3) is 0 Å². The van der Waals surface area contributed by atoms with Gasteiger partial charge in [-0.25, -0.2) is 8.42 Å². The van der Waals surface area contributed by atoms with Crippen molar-refractivity contribution in [2.75, 3.05) is 0 Å². The second-order valence-electron chi connectivity index (χ2n) is 4.47. The molecule has 2 aromatic carbocycles. The molecular formula is C14H8Cl6O2S.